The lowest BCUT2D eigenvalue weighted by Crippen LogP contribution is -2.43. The molecule has 0 aliphatic carbocycles. The van der Waals surface area contributed by atoms with E-state index in [2.05, 4.69) is 154 Å². The van der Waals surface area contributed by atoms with Crippen molar-refractivity contribution >= 4 is 23.9 Å². The highest BCUT2D eigenvalue weighted by Gasteiger charge is 2.24. The van der Waals surface area contributed by atoms with E-state index in [0.29, 0.717) is 17.3 Å². The number of nitrogens with zero attached hydrogens (tertiary/aromatic N) is 6. The average Bonchev–Trinajstić information content (AvgIpc) is 3.92. The van der Waals surface area contributed by atoms with Crippen molar-refractivity contribution < 1.29 is 33.5 Å². The maximum absolute atomic E-state index is 12.6. The number of alkyl carbamates (subject to hydrolysis) is 1. The number of ether oxygens (including phenoxy) is 1. The summed E-state index contributed by atoms with van der Waals surface area (Å²) < 4.78 is 9.84. The number of aryl methyl sites for hydroxylation is 1. The lowest BCUT2D eigenvalue weighted by molar-refractivity contribution is -0.139. The van der Waals surface area contributed by atoms with Crippen LogP contribution in [-0.2, 0) is 66.2 Å². The Labute approximate surface area is 499 Å². The molecule has 0 saturated carbocycles. The van der Waals surface area contributed by atoms with Crippen molar-refractivity contribution in [3.8, 4) is 11.4 Å². The third-order valence-corrected chi connectivity index (χ3v) is 14.7. The van der Waals surface area contributed by atoms with Gasteiger partial charge in [-0.05, 0) is 130 Å². The molecule has 0 radical (unpaired) electrons. The lowest BCUT2D eigenvalue weighted by atomic mass is 9.99. The maximum Gasteiger partial charge on any atom is 0.408 e. The van der Waals surface area contributed by atoms with Crippen LogP contribution in [0.2, 0.25) is 0 Å². The van der Waals surface area contributed by atoms with Crippen LogP contribution in [0.4, 0.5) is 4.79 Å². The van der Waals surface area contributed by atoms with Crippen molar-refractivity contribution in [1.82, 2.24) is 40.4 Å². The van der Waals surface area contributed by atoms with Crippen molar-refractivity contribution in [1.29, 1.82) is 0 Å². The number of nitrogens with one attached hydrogen (secondary N) is 2. The number of benzene rings is 5. The molecule has 5 N–H and O–H groups in total. The van der Waals surface area contributed by atoms with Crippen LogP contribution in [0.25, 0.3) is 11.4 Å². The van der Waals surface area contributed by atoms with Crippen LogP contribution in [0.5, 0.6) is 0 Å². The molecule has 3 amide bonds. The summed E-state index contributed by atoms with van der Waals surface area (Å²) in [5.74, 6) is 1.04. The first-order valence-corrected chi connectivity index (χ1v) is 29.9. The number of hydrogen-bond acceptors (Lipinski definition) is 12. The first kappa shape index (κ1) is 65.9. The van der Waals surface area contributed by atoms with E-state index in [0.717, 1.165) is 83.2 Å². The van der Waals surface area contributed by atoms with E-state index in [1.54, 1.807) is 45.4 Å². The molecule has 1 aromatic heterocycles. The van der Waals surface area contributed by atoms with Crippen LogP contribution >= 0.6 is 0 Å². The Balaban J connectivity index is 0.000000176. The number of carboxylic acid groups (broad SMARTS) is 1. The van der Waals surface area contributed by atoms with E-state index in [1.165, 1.54) is 71.8 Å². The van der Waals surface area contributed by atoms with Gasteiger partial charge in [0, 0.05) is 108 Å². The Hall–Kier alpha value is -7.24. The molecule has 0 spiro atoms. The van der Waals surface area contributed by atoms with Gasteiger partial charge in [0.15, 0.2) is 0 Å². The zero-order valence-electron chi connectivity index (χ0n) is 51.7. The molecule has 4 aliphatic heterocycles. The van der Waals surface area contributed by atoms with Crippen LogP contribution in [-0.4, -0.2) is 128 Å². The number of amides is 3. The number of carbonyl (C=O) groups excluding carboxylic acids is 3. The Morgan fingerprint density at radius 1 is 0.595 bits per heavy atom. The summed E-state index contributed by atoms with van der Waals surface area (Å²) in [6.07, 6.45) is 3.73. The van der Waals surface area contributed by atoms with Crippen molar-refractivity contribution in [3.05, 3.63) is 177 Å². The van der Waals surface area contributed by atoms with Crippen molar-refractivity contribution in [2.45, 2.75) is 152 Å². The van der Waals surface area contributed by atoms with Gasteiger partial charge in [0.25, 0.3) is 5.91 Å². The summed E-state index contributed by atoms with van der Waals surface area (Å²) in [6, 6.07) is 41.2. The molecule has 16 nitrogen and oxygen atoms in total. The van der Waals surface area contributed by atoms with Gasteiger partial charge in [0.2, 0.25) is 17.6 Å². The minimum absolute atomic E-state index is 0.0669. The Morgan fingerprint density at radius 2 is 1.02 bits per heavy atom. The van der Waals surface area contributed by atoms with Gasteiger partial charge in [-0.25, -0.2) is 4.79 Å². The van der Waals surface area contributed by atoms with Gasteiger partial charge in [0.1, 0.15) is 11.6 Å². The summed E-state index contributed by atoms with van der Waals surface area (Å²) in [7, 11) is 0. The van der Waals surface area contributed by atoms with Crippen LogP contribution in [0.1, 0.15) is 130 Å². The van der Waals surface area contributed by atoms with E-state index in [4.69, 9.17) is 20.1 Å². The monoisotopic (exact) mass is 1150 g/mol. The molecule has 0 fully saturated rings. The smallest absolute Gasteiger partial charge is 0.408 e. The second kappa shape index (κ2) is 32.2. The van der Waals surface area contributed by atoms with Crippen LogP contribution in [0.15, 0.2) is 126 Å². The fourth-order valence-corrected chi connectivity index (χ4v) is 10.6. The molecule has 0 unspecified atom stereocenters. The fourth-order valence-electron chi connectivity index (χ4n) is 10.6. The van der Waals surface area contributed by atoms with Crippen LogP contribution < -0.4 is 16.4 Å². The number of hydrogen-bond donors (Lipinski definition) is 4. The number of aliphatic carboxylic acids is 1. The molecule has 6 aromatic rings. The van der Waals surface area contributed by atoms with E-state index in [-0.39, 0.29) is 29.8 Å². The van der Waals surface area contributed by atoms with Crippen molar-refractivity contribution in [2.75, 3.05) is 45.8 Å². The second-order valence-corrected chi connectivity index (χ2v) is 24.4. The number of aromatic nitrogens is 2. The van der Waals surface area contributed by atoms with Crippen LogP contribution in [0, 0.1) is 18.8 Å². The van der Waals surface area contributed by atoms with Gasteiger partial charge in [0.05, 0.1) is 0 Å². The molecule has 5 aromatic carbocycles. The Bertz CT molecular complexity index is 2980. The zero-order valence-corrected chi connectivity index (χ0v) is 51.7. The summed E-state index contributed by atoms with van der Waals surface area (Å²) >= 11 is 0. The molecule has 4 aliphatic rings. The lowest BCUT2D eigenvalue weighted by Gasteiger charge is -2.31. The fraction of sp³-hybridized carbons (Fsp3) is 0.471. The predicted octanol–water partition coefficient (Wildman–Crippen LogP) is 10.5. The quantitative estimate of drug-likeness (QED) is 0.0903. The van der Waals surface area contributed by atoms with Crippen molar-refractivity contribution in [3.63, 3.8) is 0 Å². The van der Waals surface area contributed by atoms with Gasteiger partial charge in [-0.3, -0.25) is 29.1 Å². The van der Waals surface area contributed by atoms with E-state index >= 15 is 0 Å². The number of carboxylic acids is 1. The molecule has 5 heterocycles. The third kappa shape index (κ3) is 21.7. The van der Waals surface area contributed by atoms with Gasteiger partial charge in [-0.15, -0.1) is 0 Å². The molecule has 0 saturated heterocycles. The van der Waals surface area contributed by atoms with Crippen LogP contribution in [0.3, 0.4) is 0 Å². The van der Waals surface area contributed by atoms with E-state index in [1.807, 2.05) is 36.9 Å². The third-order valence-electron chi connectivity index (χ3n) is 14.7. The molecular weight excluding hydrogens is 1050 g/mol. The first-order valence-electron chi connectivity index (χ1n) is 29.9. The minimum atomic E-state index is -1.09. The van der Waals surface area contributed by atoms with Crippen molar-refractivity contribution in [2.24, 2.45) is 17.6 Å². The second-order valence-electron chi connectivity index (χ2n) is 24.4. The highest BCUT2D eigenvalue weighted by Crippen LogP contribution is 2.23. The standard InChI is InChI=1S/C22H24N4O2.C13H17NO.C13H19N.C12H18N2.C8H15NO4/c1-15(13-26-12-11-17-5-3-4-6-20(17)14-26)23-22(27)19-9-7-18(8-10-19)21-24-16(2)28-25-21;1-10(2)13(15)14-8-7-11-5-3-4-6-12(11)9-14;1-11(2)9-14-8-7-12-5-3-4-6-13(12)10-14;1-10(13)8-14-7-6-11-4-2-3-5-12(11)9-14;1-5(6(10)11)9-7(12)13-8(2,3)4/h3-10,15H,11-14H2,1-2H3,(H,23,27);3-6,10H,7-9H2,1-2H3;3-6,11H,7-10H2,1-2H3;2-5,10H,6-9,13H2,1H3;5H,1-4H3,(H,9,12)(H,10,11)/t15-;;;10-;5-/m1..11/s1. The number of nitrogens with two attached hydrogens (primary N) is 1. The highest BCUT2D eigenvalue weighted by molar-refractivity contribution is 5.94. The van der Waals surface area contributed by atoms with Gasteiger partial charge in [-0.1, -0.05) is 142 Å². The largest absolute Gasteiger partial charge is 0.480 e. The maximum atomic E-state index is 12.6. The zero-order chi connectivity index (χ0) is 60.9. The topological polar surface area (TPSA) is 200 Å². The van der Waals surface area contributed by atoms with Gasteiger partial charge >= 0.3 is 12.1 Å². The molecule has 3 atom stereocenters. The Morgan fingerprint density at radius 3 is 1.43 bits per heavy atom. The number of rotatable bonds is 12. The summed E-state index contributed by atoms with van der Waals surface area (Å²) in [5.41, 5.74) is 18.2. The number of carbonyl (C=O) groups is 4. The summed E-state index contributed by atoms with van der Waals surface area (Å²) in [5, 5.41) is 17.6. The summed E-state index contributed by atoms with van der Waals surface area (Å²) in [4.78, 5) is 59.3. The molecule has 452 valence electrons. The van der Waals surface area contributed by atoms with Gasteiger partial charge in [-0.2, -0.15) is 4.98 Å². The van der Waals surface area contributed by atoms with E-state index in [9.17, 15) is 19.2 Å². The Kier molecular flexibility index (Phi) is 25.2. The summed E-state index contributed by atoms with van der Waals surface area (Å²) in [6.45, 7) is 32.2. The average molecular weight is 1150 g/mol. The normalized spacial score (nSPS) is 15.8. The van der Waals surface area contributed by atoms with E-state index < -0.39 is 23.7 Å². The number of fused-ring (bicyclic) bond motifs is 4. The highest BCUT2D eigenvalue weighted by atomic mass is 16.6. The predicted molar refractivity (Wildman–Crippen MR) is 333 cm³/mol. The van der Waals surface area contributed by atoms with Gasteiger partial charge < -0.3 is 35.6 Å². The minimum Gasteiger partial charge on any atom is -0.480 e. The molecule has 84 heavy (non-hydrogen) atoms. The first-order chi connectivity index (χ1) is 40.0. The molecular formula is C68H93N9O7. The molecule has 0 bridgehead atoms. The molecule has 16 heteroatoms. The molecule has 10 rings (SSSR count). The SMILES string of the molecule is CC(C)C(=O)N1CCc2ccccc2C1.CC(C)CN1CCc2ccccc2C1.C[C@@H](N)CN1CCc2ccccc2C1.C[C@@H](NC(=O)OC(C)(C)C)C(=O)O.Cc1nc(-c2ccc(C(=O)N[C@H](C)CN3CCc4ccccc4C3)cc2)no1.